The maximum Gasteiger partial charge on any atom is 0.0753 e. The van der Waals surface area contributed by atoms with Gasteiger partial charge in [-0.05, 0) is 38.0 Å². The minimum atomic E-state index is -0.0944. The van der Waals surface area contributed by atoms with E-state index in [0.29, 0.717) is 6.54 Å². The van der Waals surface area contributed by atoms with Crippen LogP contribution in [0.4, 0.5) is 0 Å². The van der Waals surface area contributed by atoms with Gasteiger partial charge in [-0.1, -0.05) is 28.1 Å². The van der Waals surface area contributed by atoms with E-state index in [1.54, 1.807) is 0 Å². The first kappa shape index (κ1) is 15.0. The number of halogens is 1. The van der Waals surface area contributed by atoms with Crippen LogP contribution in [0.5, 0.6) is 0 Å². The van der Waals surface area contributed by atoms with Crippen molar-refractivity contribution in [3.05, 3.63) is 33.8 Å². The smallest absolute Gasteiger partial charge is 0.0753 e. The first-order chi connectivity index (χ1) is 8.93. The lowest BCUT2D eigenvalue weighted by atomic mass is 10.00. The number of nitrogens with zero attached hydrogens (tertiary/aromatic N) is 1. The average molecular weight is 327 g/mol. The van der Waals surface area contributed by atoms with Crippen LogP contribution in [0, 0.1) is 6.92 Å². The zero-order valence-electron chi connectivity index (χ0n) is 11.9. The highest BCUT2D eigenvalue weighted by molar-refractivity contribution is 9.10. The van der Waals surface area contributed by atoms with Gasteiger partial charge in [0.1, 0.15) is 0 Å². The highest BCUT2D eigenvalue weighted by atomic mass is 79.9. The quantitative estimate of drug-likeness (QED) is 0.928. The van der Waals surface area contributed by atoms with Gasteiger partial charge < -0.3 is 10.5 Å². The summed E-state index contributed by atoms with van der Waals surface area (Å²) in [6.45, 7) is 9.61. The fourth-order valence-electron chi connectivity index (χ4n) is 2.69. The van der Waals surface area contributed by atoms with E-state index in [2.05, 4.69) is 59.8 Å². The van der Waals surface area contributed by atoms with Gasteiger partial charge in [-0.3, -0.25) is 4.90 Å². The van der Waals surface area contributed by atoms with E-state index in [0.717, 1.165) is 24.2 Å². The third-order valence-corrected chi connectivity index (χ3v) is 4.32. The van der Waals surface area contributed by atoms with E-state index < -0.39 is 0 Å². The summed E-state index contributed by atoms with van der Waals surface area (Å²) in [5.41, 5.74) is 8.46. The normalized spacial score (nSPS) is 21.3. The zero-order chi connectivity index (χ0) is 14.0. The molecule has 0 spiro atoms. The fraction of sp³-hybridized carbons (Fsp3) is 0.600. The Morgan fingerprint density at radius 1 is 1.47 bits per heavy atom. The van der Waals surface area contributed by atoms with Crippen LogP contribution in [0.25, 0.3) is 0 Å². The van der Waals surface area contributed by atoms with Crippen molar-refractivity contribution in [3.8, 4) is 0 Å². The van der Waals surface area contributed by atoms with Crippen LogP contribution in [0.2, 0.25) is 0 Å². The van der Waals surface area contributed by atoms with Crippen LogP contribution in [0.15, 0.2) is 22.7 Å². The molecule has 0 aromatic heterocycles. The Kier molecular flexibility index (Phi) is 4.66. The molecule has 1 heterocycles. The summed E-state index contributed by atoms with van der Waals surface area (Å²) in [5, 5.41) is 0. The van der Waals surface area contributed by atoms with Crippen molar-refractivity contribution in [3.63, 3.8) is 0 Å². The molecule has 1 unspecified atom stereocenters. The van der Waals surface area contributed by atoms with Crippen molar-refractivity contribution in [2.24, 2.45) is 5.73 Å². The second kappa shape index (κ2) is 5.92. The van der Waals surface area contributed by atoms with Gasteiger partial charge in [0.15, 0.2) is 0 Å². The Bertz CT molecular complexity index is 448. The molecule has 2 rings (SSSR count). The van der Waals surface area contributed by atoms with Crippen LogP contribution in [0.1, 0.15) is 31.0 Å². The minimum absolute atomic E-state index is 0.0944. The van der Waals surface area contributed by atoms with Crippen LogP contribution >= 0.6 is 15.9 Å². The molecule has 2 N–H and O–H groups in total. The van der Waals surface area contributed by atoms with E-state index in [9.17, 15) is 0 Å². The molecule has 1 aromatic carbocycles. The summed E-state index contributed by atoms with van der Waals surface area (Å²) in [5.74, 6) is 0. The molecule has 1 atom stereocenters. The molecule has 0 radical (unpaired) electrons. The molecule has 3 nitrogen and oxygen atoms in total. The van der Waals surface area contributed by atoms with Crippen molar-refractivity contribution >= 4 is 15.9 Å². The average Bonchev–Trinajstić information content (AvgIpc) is 2.31. The van der Waals surface area contributed by atoms with Crippen molar-refractivity contribution in [2.75, 3.05) is 26.2 Å². The molecule has 4 heteroatoms. The van der Waals surface area contributed by atoms with Crippen LogP contribution in [0.3, 0.4) is 0 Å². The lowest BCUT2D eigenvalue weighted by Gasteiger charge is -2.42. The third-order valence-electron chi connectivity index (χ3n) is 3.63. The number of hydrogen-bond donors (Lipinski definition) is 1. The van der Waals surface area contributed by atoms with E-state index >= 15 is 0 Å². The van der Waals surface area contributed by atoms with E-state index in [1.807, 2.05) is 0 Å². The second-order valence-corrected chi connectivity index (χ2v) is 6.71. The number of nitrogens with two attached hydrogens (primary N) is 1. The van der Waals surface area contributed by atoms with Gasteiger partial charge in [0.05, 0.1) is 12.2 Å². The monoisotopic (exact) mass is 326 g/mol. The maximum atomic E-state index is 6.03. The van der Waals surface area contributed by atoms with Crippen molar-refractivity contribution in [1.82, 2.24) is 4.90 Å². The lowest BCUT2D eigenvalue weighted by Crippen LogP contribution is -2.50. The third kappa shape index (κ3) is 3.57. The summed E-state index contributed by atoms with van der Waals surface area (Å²) in [4.78, 5) is 2.43. The Morgan fingerprint density at radius 2 is 2.21 bits per heavy atom. The minimum Gasteiger partial charge on any atom is -0.373 e. The molecule has 106 valence electrons. The molecule has 1 aliphatic rings. The summed E-state index contributed by atoms with van der Waals surface area (Å²) >= 11 is 3.67. The van der Waals surface area contributed by atoms with Gasteiger partial charge in [0.25, 0.3) is 0 Å². The number of ether oxygens (including phenoxy) is 1. The highest BCUT2D eigenvalue weighted by Crippen LogP contribution is 2.31. The molecule has 1 aromatic rings. The number of benzene rings is 1. The molecule has 1 saturated heterocycles. The van der Waals surface area contributed by atoms with Crippen LogP contribution < -0.4 is 5.73 Å². The summed E-state index contributed by atoms with van der Waals surface area (Å²) < 4.78 is 6.93. The lowest BCUT2D eigenvalue weighted by molar-refractivity contribution is -0.0968. The van der Waals surface area contributed by atoms with E-state index in [4.69, 9.17) is 10.5 Å². The van der Waals surface area contributed by atoms with Crippen molar-refractivity contribution < 1.29 is 4.74 Å². The summed E-state index contributed by atoms with van der Waals surface area (Å²) in [7, 11) is 0. The number of rotatable bonds is 3. The Labute approximate surface area is 124 Å². The van der Waals surface area contributed by atoms with Crippen LogP contribution in [-0.2, 0) is 4.74 Å². The van der Waals surface area contributed by atoms with Gasteiger partial charge in [0.2, 0.25) is 0 Å². The SMILES string of the molecule is Cc1ccc(C(CN)N2CCOC(C)(C)C2)c(Br)c1. The van der Waals surface area contributed by atoms with Crippen molar-refractivity contribution in [2.45, 2.75) is 32.4 Å². The topological polar surface area (TPSA) is 38.5 Å². The first-order valence-electron chi connectivity index (χ1n) is 6.77. The molecule has 1 aliphatic heterocycles. The second-order valence-electron chi connectivity index (χ2n) is 5.86. The summed E-state index contributed by atoms with van der Waals surface area (Å²) in [6, 6.07) is 6.73. The molecule has 0 saturated carbocycles. The molecular weight excluding hydrogens is 304 g/mol. The van der Waals surface area contributed by atoms with Gasteiger partial charge in [-0.15, -0.1) is 0 Å². The van der Waals surface area contributed by atoms with E-state index in [1.165, 1.54) is 11.1 Å². The van der Waals surface area contributed by atoms with Gasteiger partial charge in [0, 0.05) is 30.1 Å². The molecule has 1 fully saturated rings. The Morgan fingerprint density at radius 3 is 2.79 bits per heavy atom. The molecule has 19 heavy (non-hydrogen) atoms. The number of aryl methyl sites for hydroxylation is 1. The molecular formula is C15H23BrN2O. The predicted octanol–water partition coefficient (Wildman–Crippen LogP) is 2.87. The molecule has 0 bridgehead atoms. The number of morpholine rings is 1. The Hall–Kier alpha value is -0.420. The standard InChI is InChI=1S/C15H23BrN2O/c1-11-4-5-12(13(16)8-11)14(9-17)18-6-7-19-15(2,3)10-18/h4-5,8,14H,6-7,9-10,17H2,1-3H3. The largest absolute Gasteiger partial charge is 0.373 e. The van der Waals surface area contributed by atoms with Gasteiger partial charge in [-0.2, -0.15) is 0 Å². The highest BCUT2D eigenvalue weighted by Gasteiger charge is 2.32. The summed E-state index contributed by atoms with van der Waals surface area (Å²) in [6.07, 6.45) is 0. The van der Waals surface area contributed by atoms with E-state index in [-0.39, 0.29) is 11.6 Å². The van der Waals surface area contributed by atoms with Gasteiger partial charge in [-0.25, -0.2) is 0 Å². The number of hydrogen-bond acceptors (Lipinski definition) is 3. The zero-order valence-corrected chi connectivity index (χ0v) is 13.5. The van der Waals surface area contributed by atoms with Crippen LogP contribution in [-0.4, -0.2) is 36.7 Å². The van der Waals surface area contributed by atoms with Crippen molar-refractivity contribution in [1.29, 1.82) is 0 Å². The molecule has 0 amide bonds. The van der Waals surface area contributed by atoms with Gasteiger partial charge >= 0.3 is 0 Å². The predicted molar refractivity (Wildman–Crippen MR) is 82.3 cm³/mol. The molecule has 0 aliphatic carbocycles. The maximum absolute atomic E-state index is 6.03. The Balaban J connectivity index is 2.24. The fourth-order valence-corrected chi connectivity index (χ4v) is 3.45. The first-order valence-corrected chi connectivity index (χ1v) is 7.56.